The molecule has 0 amide bonds. The number of carbonyl (C=O) groups excluding carboxylic acids is 1. The third kappa shape index (κ3) is 3.74. The second-order valence-corrected chi connectivity index (χ2v) is 5.54. The molecule has 2 N–H and O–H groups in total. The van der Waals surface area contributed by atoms with Crippen LogP contribution in [0.2, 0.25) is 0 Å². The van der Waals surface area contributed by atoms with Gasteiger partial charge in [-0.3, -0.25) is 14.4 Å². The Morgan fingerprint density at radius 3 is 2.26 bits per heavy atom. The van der Waals surface area contributed by atoms with Gasteiger partial charge in [-0.05, 0) is 24.8 Å². The first-order valence-corrected chi connectivity index (χ1v) is 7.39. The van der Waals surface area contributed by atoms with Gasteiger partial charge in [0.2, 0.25) is 0 Å². The number of hydrogen-bond donors (Lipinski definition) is 2. The molecule has 5 heteroatoms. The van der Waals surface area contributed by atoms with Crippen molar-refractivity contribution in [3.8, 4) is 0 Å². The molecule has 0 spiro atoms. The molecule has 1 aromatic carbocycles. The lowest BCUT2D eigenvalue weighted by atomic mass is 9.75. The van der Waals surface area contributed by atoms with Gasteiger partial charge >= 0.3 is 11.9 Å². The Labute approximate surface area is 133 Å². The molecule has 0 fully saturated rings. The van der Waals surface area contributed by atoms with Crippen LogP contribution in [0.4, 0.5) is 0 Å². The lowest BCUT2D eigenvalue weighted by molar-refractivity contribution is -0.143. The van der Waals surface area contributed by atoms with Crippen molar-refractivity contribution in [2.24, 2.45) is 5.41 Å². The molecule has 0 saturated heterocycles. The van der Waals surface area contributed by atoms with Gasteiger partial charge in [-0.1, -0.05) is 48.6 Å². The van der Waals surface area contributed by atoms with Crippen LogP contribution >= 0.6 is 0 Å². The maximum Gasteiger partial charge on any atom is 0.321 e. The van der Waals surface area contributed by atoms with Crippen LogP contribution in [0.1, 0.15) is 35.2 Å². The van der Waals surface area contributed by atoms with Crippen molar-refractivity contribution >= 4 is 17.7 Å². The van der Waals surface area contributed by atoms with Crippen molar-refractivity contribution in [2.45, 2.75) is 25.7 Å². The fourth-order valence-electron chi connectivity index (χ4n) is 2.57. The maximum absolute atomic E-state index is 12.6. The molecule has 0 heterocycles. The molecule has 2 rings (SSSR count). The van der Waals surface area contributed by atoms with Crippen LogP contribution in [0.3, 0.4) is 0 Å². The molecule has 23 heavy (non-hydrogen) atoms. The first-order chi connectivity index (χ1) is 11.0. The first-order valence-electron chi connectivity index (χ1n) is 7.39. The standard InChI is InChI=1S/C18H18O5/c19-15(20)6-4-5-13-7-9-14(10-8-13)16(21)18(17(22)23)11-2-1-3-12-18/h1-3,7-11H,4-6,12H2,(H,19,20)(H,22,23). The van der Waals surface area contributed by atoms with E-state index in [0.29, 0.717) is 18.4 Å². The zero-order chi connectivity index (χ0) is 16.9. The maximum atomic E-state index is 12.6. The lowest BCUT2D eigenvalue weighted by Gasteiger charge is -2.25. The summed E-state index contributed by atoms with van der Waals surface area (Å²) in [7, 11) is 0. The third-order valence-corrected chi connectivity index (χ3v) is 3.93. The van der Waals surface area contributed by atoms with Crippen LogP contribution in [0, 0.1) is 5.41 Å². The number of aliphatic carboxylic acids is 2. The number of ketones is 1. The van der Waals surface area contributed by atoms with Crippen molar-refractivity contribution in [2.75, 3.05) is 0 Å². The van der Waals surface area contributed by atoms with Gasteiger partial charge in [0, 0.05) is 12.0 Å². The van der Waals surface area contributed by atoms with Crippen molar-refractivity contribution in [3.63, 3.8) is 0 Å². The molecule has 0 radical (unpaired) electrons. The van der Waals surface area contributed by atoms with Gasteiger partial charge in [0.1, 0.15) is 0 Å². The van der Waals surface area contributed by atoms with Gasteiger partial charge in [0.15, 0.2) is 11.2 Å². The number of hydrogen-bond acceptors (Lipinski definition) is 3. The van der Waals surface area contributed by atoms with Gasteiger partial charge in [-0.15, -0.1) is 0 Å². The normalized spacial score (nSPS) is 19.5. The van der Waals surface area contributed by atoms with Gasteiger partial charge in [-0.2, -0.15) is 0 Å². The predicted octanol–water partition coefficient (Wildman–Crippen LogP) is 2.86. The van der Waals surface area contributed by atoms with Crippen LogP contribution < -0.4 is 0 Å². The molecule has 0 aromatic heterocycles. The topological polar surface area (TPSA) is 91.7 Å². The molecule has 1 aliphatic carbocycles. The molecule has 1 atom stereocenters. The van der Waals surface area contributed by atoms with E-state index in [2.05, 4.69) is 0 Å². The Kier molecular flexibility index (Phi) is 5.11. The Morgan fingerprint density at radius 1 is 1.04 bits per heavy atom. The number of benzene rings is 1. The van der Waals surface area contributed by atoms with E-state index < -0.39 is 23.1 Å². The Morgan fingerprint density at radius 2 is 1.74 bits per heavy atom. The summed E-state index contributed by atoms with van der Waals surface area (Å²) in [6, 6.07) is 6.70. The average molecular weight is 314 g/mol. The molecule has 1 aromatic rings. The minimum atomic E-state index is -1.54. The zero-order valence-corrected chi connectivity index (χ0v) is 12.6. The van der Waals surface area contributed by atoms with Crippen LogP contribution in [-0.2, 0) is 16.0 Å². The third-order valence-electron chi connectivity index (χ3n) is 3.93. The quantitative estimate of drug-likeness (QED) is 0.596. The highest BCUT2D eigenvalue weighted by Crippen LogP contribution is 2.32. The lowest BCUT2D eigenvalue weighted by Crippen LogP contribution is -2.38. The van der Waals surface area contributed by atoms with E-state index in [-0.39, 0.29) is 12.8 Å². The highest BCUT2D eigenvalue weighted by molar-refractivity contribution is 6.14. The second kappa shape index (κ2) is 7.05. The van der Waals surface area contributed by atoms with E-state index in [0.717, 1.165) is 5.56 Å². The van der Waals surface area contributed by atoms with E-state index in [1.165, 1.54) is 6.08 Å². The highest BCUT2D eigenvalue weighted by atomic mass is 16.4. The smallest absolute Gasteiger partial charge is 0.321 e. The zero-order valence-electron chi connectivity index (χ0n) is 12.6. The summed E-state index contributed by atoms with van der Waals surface area (Å²) >= 11 is 0. The van der Waals surface area contributed by atoms with Crippen molar-refractivity contribution in [1.82, 2.24) is 0 Å². The minimum absolute atomic E-state index is 0.0972. The number of carboxylic acid groups (broad SMARTS) is 2. The Bertz CT molecular complexity index is 669. The van der Waals surface area contributed by atoms with Crippen LogP contribution in [0.5, 0.6) is 0 Å². The SMILES string of the molecule is O=C(O)CCCc1ccc(C(=O)C2(C(=O)O)C=CC=CC2)cc1. The van der Waals surface area contributed by atoms with Crippen molar-refractivity contribution < 1.29 is 24.6 Å². The molecule has 1 unspecified atom stereocenters. The van der Waals surface area contributed by atoms with Crippen molar-refractivity contribution in [1.29, 1.82) is 0 Å². The summed E-state index contributed by atoms with van der Waals surface area (Å²) in [5.74, 6) is -2.44. The van der Waals surface area contributed by atoms with Crippen LogP contribution in [-0.4, -0.2) is 27.9 Å². The van der Waals surface area contributed by atoms with Gasteiger partial charge in [0.25, 0.3) is 0 Å². The summed E-state index contributed by atoms with van der Waals surface area (Å²) in [5.41, 5.74) is -0.278. The minimum Gasteiger partial charge on any atom is -0.481 e. The van der Waals surface area contributed by atoms with Gasteiger partial charge < -0.3 is 10.2 Å². The van der Waals surface area contributed by atoms with E-state index in [4.69, 9.17) is 5.11 Å². The summed E-state index contributed by atoms with van der Waals surface area (Å²) in [6.07, 6.45) is 7.77. The molecular weight excluding hydrogens is 296 g/mol. The molecular formula is C18H18O5. The van der Waals surface area contributed by atoms with E-state index >= 15 is 0 Å². The van der Waals surface area contributed by atoms with Gasteiger partial charge in [0.05, 0.1) is 0 Å². The summed E-state index contributed by atoms with van der Waals surface area (Å²) in [4.78, 5) is 34.7. The number of carbonyl (C=O) groups is 3. The largest absolute Gasteiger partial charge is 0.481 e. The number of rotatable bonds is 7. The van der Waals surface area contributed by atoms with Gasteiger partial charge in [-0.25, -0.2) is 0 Å². The predicted molar refractivity (Wildman–Crippen MR) is 84.3 cm³/mol. The molecule has 0 saturated carbocycles. The van der Waals surface area contributed by atoms with E-state index in [1.807, 2.05) is 0 Å². The average Bonchev–Trinajstić information content (AvgIpc) is 2.55. The fourth-order valence-corrected chi connectivity index (χ4v) is 2.57. The molecule has 5 nitrogen and oxygen atoms in total. The van der Waals surface area contributed by atoms with E-state index in [9.17, 15) is 19.5 Å². The summed E-state index contributed by atoms with van der Waals surface area (Å²) in [5, 5.41) is 18.1. The first kappa shape index (κ1) is 16.7. The number of allylic oxidation sites excluding steroid dienone is 3. The molecule has 1 aliphatic rings. The molecule has 0 bridgehead atoms. The molecule has 0 aliphatic heterocycles. The van der Waals surface area contributed by atoms with Crippen LogP contribution in [0.25, 0.3) is 0 Å². The summed E-state index contributed by atoms with van der Waals surface area (Å²) in [6.45, 7) is 0. The molecule has 120 valence electrons. The number of Topliss-reactive ketones (excluding diaryl/α,β-unsaturated/α-hetero) is 1. The second-order valence-electron chi connectivity index (χ2n) is 5.54. The van der Waals surface area contributed by atoms with Crippen molar-refractivity contribution in [3.05, 3.63) is 59.7 Å². The fraction of sp³-hybridized carbons (Fsp3) is 0.278. The number of aryl methyl sites for hydroxylation is 1. The monoisotopic (exact) mass is 314 g/mol. The summed E-state index contributed by atoms with van der Waals surface area (Å²) < 4.78 is 0. The Balaban J connectivity index is 2.13. The van der Waals surface area contributed by atoms with E-state index in [1.54, 1.807) is 42.5 Å². The van der Waals surface area contributed by atoms with Crippen LogP contribution in [0.15, 0.2) is 48.6 Å². The Hall–Kier alpha value is -2.69. The highest BCUT2D eigenvalue weighted by Gasteiger charge is 2.43. The number of carboxylic acids is 2.